The van der Waals surface area contributed by atoms with Gasteiger partial charge < -0.3 is 20.2 Å². The molecule has 5 atom stereocenters. The maximum Gasteiger partial charge on any atom is 0.230 e. The summed E-state index contributed by atoms with van der Waals surface area (Å²) in [4.78, 5) is 9.83. The summed E-state index contributed by atoms with van der Waals surface area (Å²) in [7, 11) is 0. The lowest BCUT2D eigenvalue weighted by Gasteiger charge is -2.50. The Labute approximate surface area is 191 Å². The van der Waals surface area contributed by atoms with Crippen molar-refractivity contribution in [1.29, 1.82) is 0 Å². The van der Waals surface area contributed by atoms with E-state index in [9.17, 15) is 5.11 Å². The third-order valence-electron chi connectivity index (χ3n) is 8.30. The van der Waals surface area contributed by atoms with Crippen molar-refractivity contribution < 1.29 is 14.5 Å². The number of aliphatic hydroxyl groups excluding tert-OH is 1. The Morgan fingerprint density at radius 1 is 1.34 bits per heavy atom. The van der Waals surface area contributed by atoms with E-state index in [0.717, 1.165) is 49.7 Å². The van der Waals surface area contributed by atoms with Crippen molar-refractivity contribution in [2.45, 2.75) is 97.1 Å². The van der Waals surface area contributed by atoms with E-state index in [1.165, 1.54) is 37.7 Å². The molecule has 7 heteroatoms. The zero-order chi connectivity index (χ0) is 22.6. The van der Waals surface area contributed by atoms with Crippen molar-refractivity contribution in [3.8, 4) is 0 Å². The predicted octanol–water partition coefficient (Wildman–Crippen LogP) is 4.55. The fourth-order valence-electron chi connectivity index (χ4n) is 6.42. The topological polar surface area (TPSA) is 107 Å². The molecule has 178 valence electrons. The van der Waals surface area contributed by atoms with Gasteiger partial charge in [-0.3, -0.25) is 0 Å². The number of aliphatic hydroxyl groups is 1. The predicted molar refractivity (Wildman–Crippen MR) is 124 cm³/mol. The summed E-state index contributed by atoms with van der Waals surface area (Å²) in [5.74, 6) is 3.30. The lowest BCUT2D eigenvalue weighted by molar-refractivity contribution is -0.0395. The third kappa shape index (κ3) is 5.09. The number of aromatic nitrogens is 2. The molecule has 0 saturated heterocycles. The SMILES string of the molecule is CCCCC(C=C1CCC2C(CCC3(C)C(O)CCC23)C1)=NOCCc1nc(CN)no1. The van der Waals surface area contributed by atoms with Gasteiger partial charge in [-0.25, -0.2) is 0 Å². The summed E-state index contributed by atoms with van der Waals surface area (Å²) in [6.07, 6.45) is 14.2. The number of allylic oxidation sites excluding steroid dienone is 2. The molecule has 3 fully saturated rings. The first-order valence-electron chi connectivity index (χ1n) is 12.6. The smallest absolute Gasteiger partial charge is 0.230 e. The summed E-state index contributed by atoms with van der Waals surface area (Å²) >= 11 is 0. The number of fused-ring (bicyclic) bond motifs is 3. The molecule has 3 aliphatic rings. The standard InChI is InChI=1S/C25H40N4O3/c1-3-4-5-19(28-31-13-11-24-27-23(16-26)29-32-24)15-17-6-7-20-18(14-17)10-12-25(2)21(20)8-9-22(25)30/h15,18,20-22,30H,3-14,16,26H2,1-2H3. The molecule has 0 spiro atoms. The van der Waals surface area contributed by atoms with Crippen LogP contribution in [0.3, 0.4) is 0 Å². The molecule has 0 aliphatic heterocycles. The van der Waals surface area contributed by atoms with Crippen molar-refractivity contribution >= 4 is 5.71 Å². The highest BCUT2D eigenvalue weighted by Crippen LogP contribution is 2.59. The first-order chi connectivity index (χ1) is 15.5. The molecule has 1 heterocycles. The molecule has 0 radical (unpaired) electrons. The molecule has 1 aromatic rings. The van der Waals surface area contributed by atoms with E-state index >= 15 is 0 Å². The molecule has 7 nitrogen and oxygen atoms in total. The van der Waals surface area contributed by atoms with E-state index < -0.39 is 0 Å². The summed E-state index contributed by atoms with van der Waals surface area (Å²) in [6.45, 7) is 5.24. The van der Waals surface area contributed by atoms with Crippen LogP contribution < -0.4 is 5.73 Å². The molecule has 5 unspecified atom stereocenters. The molecule has 3 aliphatic carbocycles. The van der Waals surface area contributed by atoms with Gasteiger partial charge in [-0.2, -0.15) is 4.98 Å². The van der Waals surface area contributed by atoms with Gasteiger partial charge in [0.2, 0.25) is 5.89 Å². The number of hydrogen-bond acceptors (Lipinski definition) is 7. The Morgan fingerprint density at radius 3 is 3.00 bits per heavy atom. The van der Waals surface area contributed by atoms with E-state index in [0.29, 0.717) is 30.7 Å². The number of rotatable bonds is 9. The van der Waals surface area contributed by atoms with Crippen molar-refractivity contribution in [3.05, 3.63) is 23.4 Å². The molecular weight excluding hydrogens is 404 g/mol. The number of nitrogens with two attached hydrogens (primary N) is 1. The van der Waals surface area contributed by atoms with Crippen LogP contribution in [0.15, 0.2) is 21.3 Å². The molecule has 0 aromatic carbocycles. The molecule has 0 amide bonds. The van der Waals surface area contributed by atoms with Gasteiger partial charge in [0.05, 0.1) is 24.8 Å². The molecule has 4 rings (SSSR count). The van der Waals surface area contributed by atoms with Gasteiger partial charge in [0.1, 0.15) is 6.61 Å². The molecule has 32 heavy (non-hydrogen) atoms. The van der Waals surface area contributed by atoms with Crippen LogP contribution in [-0.2, 0) is 17.8 Å². The van der Waals surface area contributed by atoms with Crippen LogP contribution in [0, 0.1) is 23.2 Å². The van der Waals surface area contributed by atoms with Crippen LogP contribution in [-0.4, -0.2) is 33.7 Å². The minimum absolute atomic E-state index is 0.0932. The van der Waals surface area contributed by atoms with Crippen LogP contribution in [0.2, 0.25) is 0 Å². The second-order valence-electron chi connectivity index (χ2n) is 10.3. The molecule has 0 bridgehead atoms. The summed E-state index contributed by atoms with van der Waals surface area (Å²) in [5.41, 5.74) is 8.25. The first-order valence-corrected chi connectivity index (χ1v) is 12.6. The van der Waals surface area contributed by atoms with Crippen LogP contribution in [0.5, 0.6) is 0 Å². The maximum atomic E-state index is 10.6. The third-order valence-corrected chi connectivity index (χ3v) is 8.30. The van der Waals surface area contributed by atoms with E-state index in [1.807, 2.05) is 0 Å². The Bertz CT molecular complexity index is 820. The monoisotopic (exact) mass is 444 g/mol. The minimum atomic E-state index is -0.0932. The molecule has 3 N–H and O–H groups in total. The van der Waals surface area contributed by atoms with Gasteiger partial charge in [-0.15, -0.1) is 0 Å². The largest absolute Gasteiger partial charge is 0.395 e. The Morgan fingerprint density at radius 2 is 2.22 bits per heavy atom. The van der Waals surface area contributed by atoms with Gasteiger partial charge >= 0.3 is 0 Å². The second kappa shape index (κ2) is 10.5. The highest BCUT2D eigenvalue weighted by Gasteiger charge is 2.53. The van der Waals surface area contributed by atoms with Crippen molar-refractivity contribution in [3.63, 3.8) is 0 Å². The van der Waals surface area contributed by atoms with Crippen molar-refractivity contribution in [2.24, 2.45) is 34.1 Å². The van der Waals surface area contributed by atoms with Crippen molar-refractivity contribution in [2.75, 3.05) is 6.61 Å². The van der Waals surface area contributed by atoms with E-state index in [1.54, 1.807) is 0 Å². The summed E-state index contributed by atoms with van der Waals surface area (Å²) in [6, 6.07) is 0. The number of hydrogen-bond donors (Lipinski definition) is 2. The van der Waals surface area contributed by atoms with Gasteiger partial charge in [-0.1, -0.05) is 36.2 Å². The second-order valence-corrected chi connectivity index (χ2v) is 10.3. The van der Waals surface area contributed by atoms with Crippen LogP contribution in [0.1, 0.15) is 89.8 Å². The average Bonchev–Trinajstić information content (AvgIpc) is 3.39. The lowest BCUT2D eigenvalue weighted by Crippen LogP contribution is -2.44. The summed E-state index contributed by atoms with van der Waals surface area (Å²) < 4.78 is 5.15. The van der Waals surface area contributed by atoms with Gasteiger partial charge in [0.25, 0.3) is 0 Å². The zero-order valence-corrected chi connectivity index (χ0v) is 19.8. The number of nitrogens with zero attached hydrogens (tertiary/aromatic N) is 3. The maximum absolute atomic E-state index is 10.6. The number of oxime groups is 1. The van der Waals surface area contributed by atoms with Crippen LogP contribution >= 0.6 is 0 Å². The zero-order valence-electron chi connectivity index (χ0n) is 19.8. The minimum Gasteiger partial charge on any atom is -0.395 e. The normalized spacial score (nSPS) is 33.9. The Hall–Kier alpha value is -1.73. The summed E-state index contributed by atoms with van der Waals surface area (Å²) in [5, 5.41) is 18.8. The fraction of sp³-hybridized carbons (Fsp3) is 0.800. The molecule has 3 saturated carbocycles. The van der Waals surface area contributed by atoms with Crippen LogP contribution in [0.25, 0.3) is 0 Å². The molecular formula is C25H40N4O3. The lowest BCUT2D eigenvalue weighted by atomic mass is 9.56. The van der Waals surface area contributed by atoms with Gasteiger partial charge in [0, 0.05) is 0 Å². The first kappa shape index (κ1) is 23.4. The van der Waals surface area contributed by atoms with E-state index in [4.69, 9.17) is 15.1 Å². The Kier molecular flexibility index (Phi) is 7.66. The van der Waals surface area contributed by atoms with Gasteiger partial charge in [0.15, 0.2) is 5.82 Å². The quantitative estimate of drug-likeness (QED) is 0.329. The Balaban J connectivity index is 1.34. The van der Waals surface area contributed by atoms with Crippen molar-refractivity contribution in [1.82, 2.24) is 10.1 Å². The molecule has 1 aromatic heterocycles. The fourth-order valence-corrected chi connectivity index (χ4v) is 6.42. The highest BCUT2D eigenvalue weighted by atomic mass is 16.6. The van der Waals surface area contributed by atoms with Crippen LogP contribution in [0.4, 0.5) is 0 Å². The van der Waals surface area contributed by atoms with E-state index in [2.05, 4.69) is 35.2 Å². The van der Waals surface area contributed by atoms with E-state index in [-0.39, 0.29) is 18.1 Å². The number of unbranched alkanes of at least 4 members (excludes halogenated alkanes) is 1. The average molecular weight is 445 g/mol. The van der Waals surface area contributed by atoms with Gasteiger partial charge in [-0.05, 0) is 87.0 Å². The highest BCUT2D eigenvalue weighted by molar-refractivity contribution is 5.95.